The standard InChI is InChI=1S/C16H22BrFN2/c1-3-12-9-19-16(2,11-7-8-11)10-20(12)15-13(17)5-4-6-14(15)18/h4-6,11-12,19H,3,7-10H2,1-2H3. The smallest absolute Gasteiger partial charge is 0.147 e. The molecule has 110 valence electrons. The SMILES string of the molecule is CCC1CNC(C)(C2CC2)CN1c1c(F)cccc1Br. The van der Waals surface area contributed by atoms with Gasteiger partial charge >= 0.3 is 0 Å². The van der Waals surface area contributed by atoms with Gasteiger partial charge in [0.25, 0.3) is 0 Å². The summed E-state index contributed by atoms with van der Waals surface area (Å²) in [7, 11) is 0. The molecule has 1 aliphatic carbocycles. The molecular formula is C16H22BrFN2. The molecule has 1 N–H and O–H groups in total. The predicted molar refractivity (Wildman–Crippen MR) is 84.7 cm³/mol. The predicted octanol–water partition coefficient (Wildman–Crippen LogP) is 3.95. The molecule has 2 atom stereocenters. The Bertz CT molecular complexity index is 483. The maximum Gasteiger partial charge on any atom is 0.147 e. The van der Waals surface area contributed by atoms with Crippen molar-refractivity contribution < 1.29 is 4.39 Å². The summed E-state index contributed by atoms with van der Waals surface area (Å²) in [5.41, 5.74) is 0.848. The van der Waals surface area contributed by atoms with Crippen LogP contribution in [0.5, 0.6) is 0 Å². The molecule has 0 spiro atoms. The first-order valence-corrected chi connectivity index (χ1v) is 8.30. The summed E-state index contributed by atoms with van der Waals surface area (Å²) < 4.78 is 15.2. The van der Waals surface area contributed by atoms with Crippen molar-refractivity contribution >= 4 is 21.6 Å². The van der Waals surface area contributed by atoms with E-state index in [4.69, 9.17) is 0 Å². The first-order valence-electron chi connectivity index (χ1n) is 7.51. The molecule has 1 aliphatic heterocycles. The minimum atomic E-state index is -0.127. The summed E-state index contributed by atoms with van der Waals surface area (Å²) in [5, 5.41) is 3.72. The lowest BCUT2D eigenvalue weighted by Gasteiger charge is -2.48. The van der Waals surface area contributed by atoms with Gasteiger partial charge in [0.15, 0.2) is 0 Å². The molecule has 0 amide bonds. The minimum Gasteiger partial charge on any atom is -0.362 e. The Kier molecular flexibility index (Phi) is 3.80. The van der Waals surface area contributed by atoms with Gasteiger partial charge in [-0.25, -0.2) is 4.39 Å². The lowest BCUT2D eigenvalue weighted by Crippen LogP contribution is -2.64. The van der Waals surface area contributed by atoms with Gasteiger partial charge in [-0.15, -0.1) is 0 Å². The molecule has 0 radical (unpaired) electrons. The van der Waals surface area contributed by atoms with Crippen LogP contribution >= 0.6 is 15.9 Å². The Balaban J connectivity index is 1.95. The highest BCUT2D eigenvalue weighted by atomic mass is 79.9. The van der Waals surface area contributed by atoms with Gasteiger partial charge < -0.3 is 10.2 Å². The number of rotatable bonds is 3. The number of anilines is 1. The van der Waals surface area contributed by atoms with E-state index in [-0.39, 0.29) is 11.4 Å². The van der Waals surface area contributed by atoms with Crippen LogP contribution in [-0.4, -0.2) is 24.7 Å². The number of benzene rings is 1. The van der Waals surface area contributed by atoms with E-state index in [1.807, 2.05) is 6.07 Å². The van der Waals surface area contributed by atoms with E-state index in [2.05, 4.69) is 40.0 Å². The number of nitrogens with zero attached hydrogens (tertiary/aromatic N) is 1. The van der Waals surface area contributed by atoms with E-state index in [9.17, 15) is 4.39 Å². The topological polar surface area (TPSA) is 15.3 Å². The maximum atomic E-state index is 14.3. The van der Waals surface area contributed by atoms with Gasteiger partial charge in [0.1, 0.15) is 5.82 Å². The van der Waals surface area contributed by atoms with Crippen molar-refractivity contribution in [1.29, 1.82) is 0 Å². The zero-order valence-electron chi connectivity index (χ0n) is 12.1. The summed E-state index contributed by atoms with van der Waals surface area (Å²) in [6.45, 7) is 6.28. The van der Waals surface area contributed by atoms with Crippen molar-refractivity contribution in [3.63, 3.8) is 0 Å². The van der Waals surface area contributed by atoms with Gasteiger partial charge in [-0.05, 0) is 60.2 Å². The molecule has 1 aromatic rings. The molecule has 1 heterocycles. The number of hydrogen-bond acceptors (Lipinski definition) is 2. The van der Waals surface area contributed by atoms with Gasteiger partial charge in [0.2, 0.25) is 0 Å². The fraction of sp³-hybridized carbons (Fsp3) is 0.625. The number of para-hydroxylation sites is 1. The normalized spacial score (nSPS) is 30.6. The summed E-state index contributed by atoms with van der Waals surface area (Å²) in [5.74, 6) is 0.617. The molecule has 0 bridgehead atoms. The Morgan fingerprint density at radius 1 is 1.45 bits per heavy atom. The molecule has 20 heavy (non-hydrogen) atoms. The lowest BCUT2D eigenvalue weighted by atomic mass is 9.90. The molecule has 2 aliphatic rings. The van der Waals surface area contributed by atoms with Crippen LogP contribution < -0.4 is 10.2 Å². The van der Waals surface area contributed by atoms with Gasteiger partial charge in [-0.2, -0.15) is 0 Å². The summed E-state index contributed by atoms with van der Waals surface area (Å²) in [6, 6.07) is 5.60. The van der Waals surface area contributed by atoms with Crippen molar-refractivity contribution in [2.24, 2.45) is 5.92 Å². The van der Waals surface area contributed by atoms with Crippen molar-refractivity contribution in [3.05, 3.63) is 28.5 Å². The number of nitrogens with one attached hydrogen (secondary N) is 1. The van der Waals surface area contributed by atoms with Gasteiger partial charge in [-0.3, -0.25) is 0 Å². The second kappa shape index (κ2) is 5.30. The molecule has 1 aromatic carbocycles. The number of piperazine rings is 1. The third-order valence-electron chi connectivity index (χ3n) is 4.86. The summed E-state index contributed by atoms with van der Waals surface area (Å²) in [6.07, 6.45) is 3.62. The second-order valence-electron chi connectivity index (χ2n) is 6.33. The van der Waals surface area contributed by atoms with Gasteiger partial charge in [0.05, 0.1) is 5.69 Å². The van der Waals surface area contributed by atoms with Crippen LogP contribution in [0, 0.1) is 11.7 Å². The minimum absolute atomic E-state index is 0.118. The molecular weight excluding hydrogens is 319 g/mol. The zero-order valence-corrected chi connectivity index (χ0v) is 13.7. The molecule has 2 unspecified atom stereocenters. The second-order valence-corrected chi connectivity index (χ2v) is 7.19. The molecule has 0 aromatic heterocycles. The van der Waals surface area contributed by atoms with Crippen LogP contribution in [0.1, 0.15) is 33.1 Å². The van der Waals surface area contributed by atoms with Crippen LogP contribution in [0.3, 0.4) is 0 Å². The van der Waals surface area contributed by atoms with Crippen molar-refractivity contribution in [2.75, 3.05) is 18.0 Å². The quantitative estimate of drug-likeness (QED) is 0.896. The fourth-order valence-corrected chi connectivity index (χ4v) is 3.95. The van der Waals surface area contributed by atoms with E-state index in [0.29, 0.717) is 6.04 Å². The highest BCUT2D eigenvalue weighted by Crippen LogP contribution is 2.43. The van der Waals surface area contributed by atoms with E-state index >= 15 is 0 Å². The van der Waals surface area contributed by atoms with Crippen LogP contribution in [-0.2, 0) is 0 Å². The number of halogens is 2. The first kappa shape index (κ1) is 14.3. The van der Waals surface area contributed by atoms with Crippen LogP contribution in [0.15, 0.2) is 22.7 Å². The van der Waals surface area contributed by atoms with Crippen molar-refractivity contribution in [1.82, 2.24) is 5.32 Å². The number of hydrogen-bond donors (Lipinski definition) is 1. The van der Waals surface area contributed by atoms with E-state index in [1.54, 1.807) is 12.1 Å². The van der Waals surface area contributed by atoms with Crippen LogP contribution in [0.4, 0.5) is 10.1 Å². The average molecular weight is 341 g/mol. The molecule has 2 nitrogen and oxygen atoms in total. The van der Waals surface area contributed by atoms with Crippen molar-refractivity contribution in [2.45, 2.75) is 44.7 Å². The summed E-state index contributed by atoms with van der Waals surface area (Å²) in [4.78, 5) is 2.27. The monoisotopic (exact) mass is 340 g/mol. The van der Waals surface area contributed by atoms with Crippen LogP contribution in [0.2, 0.25) is 0 Å². The van der Waals surface area contributed by atoms with E-state index in [0.717, 1.165) is 35.6 Å². The highest BCUT2D eigenvalue weighted by molar-refractivity contribution is 9.10. The molecule has 2 fully saturated rings. The van der Waals surface area contributed by atoms with Crippen LogP contribution in [0.25, 0.3) is 0 Å². The summed E-state index contributed by atoms with van der Waals surface area (Å²) >= 11 is 3.53. The Labute approximate surface area is 128 Å². The van der Waals surface area contributed by atoms with Gasteiger partial charge in [0, 0.05) is 29.1 Å². The highest BCUT2D eigenvalue weighted by Gasteiger charge is 2.46. The lowest BCUT2D eigenvalue weighted by molar-refractivity contribution is 0.251. The average Bonchev–Trinajstić information content (AvgIpc) is 3.23. The fourth-order valence-electron chi connectivity index (χ4n) is 3.38. The molecule has 4 heteroatoms. The molecule has 3 rings (SSSR count). The maximum absolute atomic E-state index is 14.3. The van der Waals surface area contributed by atoms with Gasteiger partial charge in [-0.1, -0.05) is 13.0 Å². The van der Waals surface area contributed by atoms with E-state index < -0.39 is 0 Å². The first-order chi connectivity index (χ1) is 9.55. The molecule has 1 saturated heterocycles. The molecule has 1 saturated carbocycles. The van der Waals surface area contributed by atoms with E-state index in [1.165, 1.54) is 12.8 Å². The zero-order chi connectivity index (χ0) is 14.3. The van der Waals surface area contributed by atoms with Crippen molar-refractivity contribution in [3.8, 4) is 0 Å². The third-order valence-corrected chi connectivity index (χ3v) is 5.50. The Hall–Kier alpha value is -0.610. The Morgan fingerprint density at radius 2 is 2.20 bits per heavy atom. The largest absolute Gasteiger partial charge is 0.362 e. The third kappa shape index (κ3) is 2.48. The Morgan fingerprint density at radius 3 is 2.80 bits per heavy atom.